The fourth-order valence-electron chi connectivity index (χ4n) is 3.15. The van der Waals surface area contributed by atoms with Gasteiger partial charge in [0.25, 0.3) is 5.91 Å². The SMILES string of the molecule is O=C(Nc1cnn(Cc2cn3ccccc3n2)c1)c1cc(-c2ccc(Br)cc2)n[nH]1. The lowest BCUT2D eigenvalue weighted by Gasteiger charge is -1.99. The van der Waals surface area contributed by atoms with Crippen molar-refractivity contribution in [3.63, 3.8) is 0 Å². The first-order valence-electron chi connectivity index (χ1n) is 9.22. The third-order valence-electron chi connectivity index (χ3n) is 4.59. The number of fused-ring (bicyclic) bond motifs is 1. The van der Waals surface area contributed by atoms with Crippen LogP contribution in [0.3, 0.4) is 0 Å². The number of pyridine rings is 1. The molecule has 30 heavy (non-hydrogen) atoms. The molecule has 5 aromatic rings. The molecular weight excluding hydrogens is 446 g/mol. The standard InChI is InChI=1S/C21H16BrN7O/c22-15-6-4-14(5-7-15)18-9-19(27-26-18)21(30)25-16-10-23-29(12-16)13-17-11-28-8-2-1-3-20(28)24-17/h1-12H,13H2,(H,25,30)(H,26,27). The predicted octanol–water partition coefficient (Wildman–Crippen LogP) is 3.98. The van der Waals surface area contributed by atoms with E-state index in [0.717, 1.165) is 21.4 Å². The summed E-state index contributed by atoms with van der Waals surface area (Å²) in [5.74, 6) is -0.279. The van der Waals surface area contributed by atoms with E-state index in [0.29, 0.717) is 23.6 Å². The Morgan fingerprint density at radius 1 is 1.13 bits per heavy atom. The largest absolute Gasteiger partial charge is 0.318 e. The van der Waals surface area contributed by atoms with Crippen LogP contribution in [0.5, 0.6) is 0 Å². The number of rotatable bonds is 5. The predicted molar refractivity (Wildman–Crippen MR) is 116 cm³/mol. The maximum absolute atomic E-state index is 12.6. The molecule has 8 nitrogen and oxygen atoms in total. The van der Waals surface area contributed by atoms with Gasteiger partial charge < -0.3 is 9.72 Å². The molecule has 4 aromatic heterocycles. The van der Waals surface area contributed by atoms with Gasteiger partial charge in [0, 0.05) is 28.6 Å². The molecule has 0 aliphatic heterocycles. The van der Waals surface area contributed by atoms with Gasteiger partial charge in [-0.05, 0) is 30.3 Å². The van der Waals surface area contributed by atoms with Crippen LogP contribution in [-0.4, -0.2) is 35.3 Å². The van der Waals surface area contributed by atoms with Crippen LogP contribution in [0.4, 0.5) is 5.69 Å². The molecule has 1 aromatic carbocycles. The van der Waals surface area contributed by atoms with E-state index in [1.165, 1.54) is 0 Å². The molecule has 148 valence electrons. The van der Waals surface area contributed by atoms with Gasteiger partial charge in [-0.15, -0.1) is 0 Å². The summed E-state index contributed by atoms with van der Waals surface area (Å²) in [5.41, 5.74) is 4.37. The Kier molecular flexibility index (Phi) is 4.64. The van der Waals surface area contributed by atoms with Gasteiger partial charge in [-0.2, -0.15) is 10.2 Å². The topological polar surface area (TPSA) is 92.9 Å². The zero-order valence-electron chi connectivity index (χ0n) is 15.7. The number of nitrogens with zero attached hydrogens (tertiary/aromatic N) is 5. The first kappa shape index (κ1) is 18.3. The molecule has 9 heteroatoms. The van der Waals surface area contributed by atoms with Gasteiger partial charge in [0.15, 0.2) is 0 Å². The number of H-pyrrole nitrogens is 1. The lowest BCUT2D eigenvalue weighted by Crippen LogP contribution is -2.11. The van der Waals surface area contributed by atoms with Crippen molar-refractivity contribution in [2.75, 3.05) is 5.32 Å². The van der Waals surface area contributed by atoms with Gasteiger partial charge in [-0.1, -0.05) is 34.1 Å². The smallest absolute Gasteiger partial charge is 0.273 e. The molecule has 0 saturated heterocycles. The maximum atomic E-state index is 12.6. The Balaban J connectivity index is 1.27. The van der Waals surface area contributed by atoms with Crippen molar-refractivity contribution in [1.82, 2.24) is 29.4 Å². The van der Waals surface area contributed by atoms with Crippen molar-refractivity contribution in [2.45, 2.75) is 6.54 Å². The number of carbonyl (C=O) groups excluding carboxylic acids is 1. The molecule has 0 atom stereocenters. The first-order chi connectivity index (χ1) is 14.6. The van der Waals surface area contributed by atoms with Gasteiger partial charge in [0.2, 0.25) is 0 Å². The Morgan fingerprint density at radius 2 is 2.00 bits per heavy atom. The van der Waals surface area contributed by atoms with E-state index in [1.807, 2.05) is 59.3 Å². The van der Waals surface area contributed by atoms with Crippen LogP contribution < -0.4 is 5.32 Å². The molecule has 5 rings (SSSR count). The molecule has 0 aliphatic rings. The van der Waals surface area contributed by atoms with Gasteiger partial charge in [-0.25, -0.2) is 4.98 Å². The zero-order valence-corrected chi connectivity index (χ0v) is 17.2. The minimum Gasteiger partial charge on any atom is -0.318 e. The number of carbonyl (C=O) groups is 1. The summed E-state index contributed by atoms with van der Waals surface area (Å²) in [6.45, 7) is 0.509. The Bertz CT molecular complexity index is 1300. The molecule has 0 aliphatic carbocycles. The van der Waals surface area contributed by atoms with Crippen molar-refractivity contribution in [3.8, 4) is 11.3 Å². The summed E-state index contributed by atoms with van der Waals surface area (Å²) >= 11 is 3.41. The fraction of sp³-hybridized carbons (Fsp3) is 0.0476. The first-order valence-corrected chi connectivity index (χ1v) is 10.0. The second kappa shape index (κ2) is 7.60. The average Bonchev–Trinajstić information content (AvgIpc) is 3.48. The summed E-state index contributed by atoms with van der Waals surface area (Å²) in [4.78, 5) is 17.1. The lowest BCUT2D eigenvalue weighted by atomic mass is 10.1. The minimum atomic E-state index is -0.279. The normalized spacial score (nSPS) is 11.1. The molecule has 1 amide bonds. The second-order valence-corrected chi connectivity index (χ2v) is 7.67. The number of amides is 1. The molecular formula is C21H16BrN7O. The summed E-state index contributed by atoms with van der Waals surface area (Å²) in [5, 5.41) is 14.2. The fourth-order valence-corrected chi connectivity index (χ4v) is 3.41. The van der Waals surface area contributed by atoms with Gasteiger partial charge in [0.1, 0.15) is 11.3 Å². The highest BCUT2D eigenvalue weighted by molar-refractivity contribution is 9.10. The molecule has 0 bridgehead atoms. The van der Waals surface area contributed by atoms with Crippen LogP contribution in [0.1, 0.15) is 16.2 Å². The third-order valence-corrected chi connectivity index (χ3v) is 5.12. The van der Waals surface area contributed by atoms with Crippen molar-refractivity contribution in [1.29, 1.82) is 0 Å². The van der Waals surface area contributed by atoms with Crippen LogP contribution >= 0.6 is 15.9 Å². The number of hydrogen-bond donors (Lipinski definition) is 2. The van der Waals surface area contributed by atoms with Crippen molar-refractivity contribution in [3.05, 3.63) is 89.2 Å². The Labute approximate surface area is 179 Å². The Hall–Kier alpha value is -3.72. The quantitative estimate of drug-likeness (QED) is 0.413. The molecule has 0 fully saturated rings. The zero-order chi connectivity index (χ0) is 20.5. The number of imidazole rings is 1. The third kappa shape index (κ3) is 3.74. The highest BCUT2D eigenvalue weighted by Gasteiger charge is 2.13. The van der Waals surface area contributed by atoms with Crippen LogP contribution in [0.2, 0.25) is 0 Å². The number of anilines is 1. The van der Waals surface area contributed by atoms with Crippen molar-refractivity contribution in [2.24, 2.45) is 0 Å². The molecule has 0 radical (unpaired) electrons. The van der Waals surface area contributed by atoms with Gasteiger partial charge >= 0.3 is 0 Å². The van der Waals surface area contributed by atoms with E-state index in [2.05, 4.69) is 41.5 Å². The average molecular weight is 462 g/mol. The number of halogens is 1. The van der Waals surface area contributed by atoms with Crippen LogP contribution in [0.15, 0.2) is 77.8 Å². The minimum absolute atomic E-state index is 0.279. The van der Waals surface area contributed by atoms with E-state index < -0.39 is 0 Å². The lowest BCUT2D eigenvalue weighted by molar-refractivity contribution is 0.102. The van der Waals surface area contributed by atoms with Crippen LogP contribution in [0, 0.1) is 0 Å². The highest BCUT2D eigenvalue weighted by atomic mass is 79.9. The van der Waals surface area contributed by atoms with Crippen molar-refractivity contribution < 1.29 is 4.79 Å². The van der Waals surface area contributed by atoms with E-state index in [1.54, 1.807) is 23.1 Å². The van der Waals surface area contributed by atoms with E-state index in [-0.39, 0.29) is 5.91 Å². The number of hydrogen-bond acceptors (Lipinski definition) is 4. The van der Waals surface area contributed by atoms with Crippen LogP contribution in [0.25, 0.3) is 16.9 Å². The maximum Gasteiger partial charge on any atom is 0.273 e. The summed E-state index contributed by atoms with van der Waals surface area (Å²) in [6.07, 6.45) is 7.30. The highest BCUT2D eigenvalue weighted by Crippen LogP contribution is 2.21. The van der Waals surface area contributed by atoms with E-state index in [4.69, 9.17) is 0 Å². The molecule has 4 heterocycles. The van der Waals surface area contributed by atoms with E-state index in [9.17, 15) is 4.79 Å². The number of nitrogens with one attached hydrogen (secondary N) is 2. The number of benzene rings is 1. The van der Waals surface area contributed by atoms with Crippen molar-refractivity contribution >= 4 is 33.2 Å². The Morgan fingerprint density at radius 3 is 2.83 bits per heavy atom. The van der Waals surface area contributed by atoms with Gasteiger partial charge in [0.05, 0.1) is 29.8 Å². The molecule has 0 saturated carbocycles. The monoisotopic (exact) mass is 461 g/mol. The summed E-state index contributed by atoms with van der Waals surface area (Å²) < 4.78 is 4.68. The van der Waals surface area contributed by atoms with Crippen LogP contribution in [-0.2, 0) is 6.54 Å². The number of aromatic nitrogens is 6. The summed E-state index contributed by atoms with van der Waals surface area (Å²) in [6, 6.07) is 15.3. The molecule has 2 N–H and O–H groups in total. The summed E-state index contributed by atoms with van der Waals surface area (Å²) in [7, 11) is 0. The molecule has 0 unspecified atom stereocenters. The van der Waals surface area contributed by atoms with E-state index >= 15 is 0 Å². The molecule has 0 spiro atoms. The van der Waals surface area contributed by atoms with Gasteiger partial charge in [-0.3, -0.25) is 14.6 Å². The second-order valence-electron chi connectivity index (χ2n) is 6.75. The number of aromatic amines is 1.